The highest BCUT2D eigenvalue weighted by Gasteiger charge is 2.45. The van der Waals surface area contributed by atoms with Crippen molar-refractivity contribution in [2.45, 2.75) is 30.7 Å². The van der Waals surface area contributed by atoms with Crippen LogP contribution in [0.4, 0.5) is 0 Å². The first-order valence-electron chi connectivity index (χ1n) is 9.88. The number of allylic oxidation sites excluding steroid dienone is 1. The number of rotatable bonds is 6. The van der Waals surface area contributed by atoms with Gasteiger partial charge in [-0.05, 0) is 42.0 Å². The smallest absolute Gasteiger partial charge is 0.229 e. The van der Waals surface area contributed by atoms with Crippen LogP contribution in [0.2, 0.25) is 0 Å². The molecule has 1 saturated heterocycles. The number of benzene rings is 2. The molecule has 5 atom stereocenters. The summed E-state index contributed by atoms with van der Waals surface area (Å²) in [4.78, 5) is 12.9. The predicted molar refractivity (Wildman–Crippen MR) is 112 cm³/mol. The molecule has 3 aromatic rings. The number of phenols is 1. The molecule has 9 nitrogen and oxygen atoms in total. The molecular formula is C23H22O9. The van der Waals surface area contributed by atoms with Gasteiger partial charge in [0.15, 0.2) is 5.78 Å². The molecule has 4 rings (SSSR count). The summed E-state index contributed by atoms with van der Waals surface area (Å²) in [5, 5.41) is 50.5. The van der Waals surface area contributed by atoms with Crippen LogP contribution in [0.5, 0.6) is 11.5 Å². The molecule has 0 bridgehead atoms. The maximum atomic E-state index is 12.9. The van der Waals surface area contributed by atoms with Crippen LogP contribution in [-0.4, -0.2) is 68.6 Å². The molecule has 0 saturated carbocycles. The van der Waals surface area contributed by atoms with E-state index in [0.717, 1.165) is 10.9 Å². The summed E-state index contributed by atoms with van der Waals surface area (Å²) in [5.74, 6) is -1.03. The van der Waals surface area contributed by atoms with Gasteiger partial charge in [-0.15, -0.1) is 0 Å². The Morgan fingerprint density at radius 1 is 1.06 bits per heavy atom. The topological polar surface area (TPSA) is 150 Å². The summed E-state index contributed by atoms with van der Waals surface area (Å²) in [6, 6.07) is 11.3. The van der Waals surface area contributed by atoms with Crippen molar-refractivity contribution in [1.82, 2.24) is 0 Å². The number of aromatic hydroxyl groups is 1. The lowest BCUT2D eigenvalue weighted by molar-refractivity contribution is -0.277. The molecule has 9 heteroatoms. The molecule has 2 aromatic carbocycles. The molecule has 1 aliphatic rings. The molecular weight excluding hydrogens is 420 g/mol. The summed E-state index contributed by atoms with van der Waals surface area (Å²) in [7, 11) is 0. The van der Waals surface area contributed by atoms with Crippen LogP contribution < -0.4 is 4.74 Å². The Hall–Kier alpha value is -3.21. The van der Waals surface area contributed by atoms with Gasteiger partial charge in [0.1, 0.15) is 47.1 Å². The van der Waals surface area contributed by atoms with Gasteiger partial charge in [-0.2, -0.15) is 0 Å². The van der Waals surface area contributed by atoms with Crippen molar-refractivity contribution >= 4 is 22.8 Å². The minimum absolute atomic E-state index is 0.103. The van der Waals surface area contributed by atoms with Gasteiger partial charge in [0.2, 0.25) is 6.29 Å². The summed E-state index contributed by atoms with van der Waals surface area (Å²) in [5.41, 5.74) is 1.27. The largest absolute Gasteiger partial charge is 0.507 e. The van der Waals surface area contributed by atoms with Crippen LogP contribution in [0.1, 0.15) is 15.9 Å². The lowest BCUT2D eigenvalue weighted by Crippen LogP contribution is -2.60. The number of aliphatic hydroxyl groups is 4. The Labute approximate surface area is 182 Å². The standard InChI is InChI=1S/C23H22O9/c24-11-18-20(27)21(28)22(29)23(32-18)31-17-3-1-2-14(25)19(17)15(26)6-4-12-5-7-16-13(10-12)8-9-30-16/h1-10,18,20-25,27-29H,11H2/t18-,20-,21+,22-,23-/m1/s1. The number of fused-ring (bicyclic) bond motifs is 1. The minimum Gasteiger partial charge on any atom is -0.507 e. The van der Waals surface area contributed by atoms with Gasteiger partial charge in [-0.25, -0.2) is 0 Å². The molecule has 32 heavy (non-hydrogen) atoms. The molecule has 1 fully saturated rings. The molecule has 5 N–H and O–H groups in total. The molecule has 0 unspecified atom stereocenters. The van der Waals surface area contributed by atoms with Crippen molar-refractivity contribution in [3.8, 4) is 11.5 Å². The number of ether oxygens (including phenoxy) is 2. The van der Waals surface area contributed by atoms with Crippen molar-refractivity contribution < 1.29 is 44.2 Å². The highest BCUT2D eigenvalue weighted by Crippen LogP contribution is 2.32. The number of ketones is 1. The lowest BCUT2D eigenvalue weighted by Gasteiger charge is -2.39. The summed E-state index contributed by atoms with van der Waals surface area (Å²) in [6.45, 7) is -0.625. The van der Waals surface area contributed by atoms with Crippen LogP contribution in [0, 0.1) is 0 Å². The summed E-state index contributed by atoms with van der Waals surface area (Å²) >= 11 is 0. The van der Waals surface area contributed by atoms with Gasteiger partial charge in [0.25, 0.3) is 0 Å². The van der Waals surface area contributed by atoms with Crippen molar-refractivity contribution in [2.75, 3.05) is 6.61 Å². The quantitative estimate of drug-likeness (QED) is 0.280. The molecule has 0 aliphatic carbocycles. The van der Waals surface area contributed by atoms with Gasteiger partial charge in [-0.1, -0.05) is 18.2 Å². The minimum atomic E-state index is -1.66. The van der Waals surface area contributed by atoms with Gasteiger partial charge in [0, 0.05) is 5.39 Å². The Balaban J connectivity index is 1.57. The van der Waals surface area contributed by atoms with E-state index in [9.17, 15) is 30.3 Å². The van der Waals surface area contributed by atoms with E-state index in [1.165, 1.54) is 24.3 Å². The van der Waals surface area contributed by atoms with E-state index in [2.05, 4.69) is 0 Å². The highest BCUT2D eigenvalue weighted by molar-refractivity contribution is 6.10. The van der Waals surface area contributed by atoms with Gasteiger partial charge >= 0.3 is 0 Å². The Morgan fingerprint density at radius 3 is 2.66 bits per heavy atom. The second kappa shape index (κ2) is 9.11. The molecule has 1 aliphatic heterocycles. The first kappa shape index (κ1) is 22.0. The molecule has 0 radical (unpaired) electrons. The van der Waals surface area contributed by atoms with E-state index in [0.29, 0.717) is 5.58 Å². The maximum absolute atomic E-state index is 12.9. The maximum Gasteiger partial charge on any atom is 0.229 e. The van der Waals surface area contributed by atoms with Crippen LogP contribution >= 0.6 is 0 Å². The zero-order valence-electron chi connectivity index (χ0n) is 16.7. The lowest BCUT2D eigenvalue weighted by atomic mass is 9.99. The number of hydrogen-bond donors (Lipinski definition) is 5. The van der Waals surface area contributed by atoms with E-state index in [1.807, 2.05) is 6.07 Å². The van der Waals surface area contributed by atoms with E-state index < -0.39 is 43.1 Å². The first-order chi connectivity index (χ1) is 15.4. The summed E-state index contributed by atoms with van der Waals surface area (Å²) < 4.78 is 16.2. The average Bonchev–Trinajstić information content (AvgIpc) is 3.26. The van der Waals surface area contributed by atoms with Gasteiger partial charge < -0.3 is 39.4 Å². The number of furan rings is 1. The third-order valence-corrected chi connectivity index (χ3v) is 5.25. The van der Waals surface area contributed by atoms with Crippen LogP contribution in [0.3, 0.4) is 0 Å². The third kappa shape index (κ3) is 4.24. The molecule has 2 heterocycles. The zero-order valence-corrected chi connectivity index (χ0v) is 16.7. The van der Waals surface area contributed by atoms with E-state index in [1.54, 1.807) is 30.5 Å². The fraction of sp³-hybridized carbons (Fsp3) is 0.261. The monoisotopic (exact) mass is 442 g/mol. The number of carbonyl (C=O) groups excluding carboxylic acids is 1. The Kier molecular flexibility index (Phi) is 6.26. The SMILES string of the molecule is O=C(C=Cc1ccc2occc2c1)c1c(O)cccc1O[C@@H]1O[C@H](CO)[C@@H](O)[C@H](O)[C@H]1O. The Bertz CT molecular complexity index is 1130. The molecule has 1 aromatic heterocycles. The predicted octanol–water partition coefficient (Wildman–Crippen LogP) is 1.21. The van der Waals surface area contributed by atoms with Crippen molar-refractivity contribution in [2.24, 2.45) is 0 Å². The Morgan fingerprint density at radius 2 is 1.88 bits per heavy atom. The van der Waals surface area contributed by atoms with Gasteiger partial charge in [-0.3, -0.25) is 4.79 Å². The fourth-order valence-electron chi connectivity index (χ4n) is 3.50. The highest BCUT2D eigenvalue weighted by atomic mass is 16.7. The second-order valence-electron chi connectivity index (χ2n) is 7.38. The number of carbonyl (C=O) groups is 1. The molecule has 0 amide bonds. The zero-order chi connectivity index (χ0) is 22.8. The second-order valence-corrected chi connectivity index (χ2v) is 7.38. The average molecular weight is 442 g/mol. The number of aliphatic hydroxyl groups excluding tert-OH is 4. The number of hydrogen-bond acceptors (Lipinski definition) is 9. The molecule has 168 valence electrons. The first-order valence-corrected chi connectivity index (χ1v) is 9.88. The number of phenolic OH excluding ortho intramolecular Hbond substituents is 1. The molecule has 0 spiro atoms. The summed E-state index contributed by atoms with van der Waals surface area (Å²) in [6.07, 6.45) is -3.12. The van der Waals surface area contributed by atoms with E-state index >= 15 is 0 Å². The van der Waals surface area contributed by atoms with Crippen LogP contribution in [0.15, 0.2) is 59.2 Å². The fourth-order valence-corrected chi connectivity index (χ4v) is 3.50. The van der Waals surface area contributed by atoms with E-state index in [4.69, 9.17) is 13.9 Å². The van der Waals surface area contributed by atoms with Gasteiger partial charge in [0.05, 0.1) is 12.9 Å². The van der Waals surface area contributed by atoms with Crippen molar-refractivity contribution in [3.63, 3.8) is 0 Å². The normalized spacial score (nSPS) is 25.9. The van der Waals surface area contributed by atoms with Crippen molar-refractivity contribution in [3.05, 3.63) is 65.9 Å². The van der Waals surface area contributed by atoms with Crippen molar-refractivity contribution in [1.29, 1.82) is 0 Å². The van der Waals surface area contributed by atoms with E-state index in [-0.39, 0.29) is 17.1 Å². The third-order valence-electron chi connectivity index (χ3n) is 5.25. The van der Waals surface area contributed by atoms with Crippen LogP contribution in [-0.2, 0) is 4.74 Å². The van der Waals surface area contributed by atoms with Crippen LogP contribution in [0.25, 0.3) is 17.0 Å².